The Balaban J connectivity index is 2.14. The third-order valence-electron chi connectivity index (χ3n) is 3.26. The smallest absolute Gasteiger partial charge is 0.0524 e. The number of aliphatic hydroxyl groups is 1. The highest BCUT2D eigenvalue weighted by Gasteiger charge is 2.15. The van der Waals surface area contributed by atoms with Crippen LogP contribution in [0.1, 0.15) is 39.5 Å². The van der Waals surface area contributed by atoms with Gasteiger partial charge in [-0.3, -0.25) is 0 Å². The summed E-state index contributed by atoms with van der Waals surface area (Å²) < 4.78 is 0. The third-order valence-corrected chi connectivity index (χ3v) is 3.26. The molecule has 1 rings (SSSR count). The molecule has 1 heterocycles. The molecule has 0 spiro atoms. The van der Waals surface area contributed by atoms with Gasteiger partial charge in [-0.2, -0.15) is 0 Å². The van der Waals surface area contributed by atoms with Crippen molar-refractivity contribution >= 4 is 0 Å². The van der Waals surface area contributed by atoms with E-state index in [0.717, 1.165) is 13.0 Å². The maximum atomic E-state index is 9.17. The molecule has 0 radical (unpaired) electrons. The minimum absolute atomic E-state index is 0.171. The highest BCUT2D eigenvalue weighted by atomic mass is 16.3. The van der Waals surface area contributed by atoms with Crippen LogP contribution in [0.25, 0.3) is 0 Å². The van der Waals surface area contributed by atoms with Crippen molar-refractivity contribution in [1.29, 1.82) is 0 Å². The molecule has 0 aromatic rings. The zero-order valence-corrected chi connectivity index (χ0v) is 10.2. The number of rotatable bonds is 5. The quantitative estimate of drug-likeness (QED) is 0.722. The molecule has 1 aliphatic heterocycles. The van der Waals surface area contributed by atoms with Gasteiger partial charge >= 0.3 is 0 Å². The maximum absolute atomic E-state index is 9.17. The van der Waals surface area contributed by atoms with Crippen LogP contribution in [0, 0.1) is 0 Å². The molecule has 2 unspecified atom stereocenters. The molecule has 2 N–H and O–H groups in total. The Morgan fingerprint density at radius 1 is 1.40 bits per heavy atom. The number of aliphatic hydroxyl groups excluding tert-OH is 1. The van der Waals surface area contributed by atoms with Gasteiger partial charge in [0.2, 0.25) is 0 Å². The molecule has 3 heteroatoms. The molecule has 90 valence electrons. The van der Waals surface area contributed by atoms with Crippen LogP contribution in [0.15, 0.2) is 0 Å². The fraction of sp³-hybridized carbons (Fsp3) is 1.00. The van der Waals surface area contributed by atoms with Crippen LogP contribution < -0.4 is 5.32 Å². The zero-order valence-electron chi connectivity index (χ0n) is 10.2. The van der Waals surface area contributed by atoms with Crippen molar-refractivity contribution in [2.75, 3.05) is 26.2 Å². The second-order valence-electron chi connectivity index (χ2n) is 4.65. The fourth-order valence-corrected chi connectivity index (χ4v) is 2.17. The van der Waals surface area contributed by atoms with Crippen LogP contribution in [-0.2, 0) is 0 Å². The van der Waals surface area contributed by atoms with Gasteiger partial charge in [0.25, 0.3) is 0 Å². The van der Waals surface area contributed by atoms with Crippen LogP contribution in [0.2, 0.25) is 0 Å². The molecule has 3 nitrogen and oxygen atoms in total. The molecular formula is C12H26N2O. The summed E-state index contributed by atoms with van der Waals surface area (Å²) in [7, 11) is 0. The van der Waals surface area contributed by atoms with Crippen LogP contribution in [0.4, 0.5) is 0 Å². The van der Waals surface area contributed by atoms with Gasteiger partial charge in [0.1, 0.15) is 0 Å². The molecule has 1 fully saturated rings. The van der Waals surface area contributed by atoms with Crippen LogP contribution in [-0.4, -0.2) is 48.3 Å². The van der Waals surface area contributed by atoms with Gasteiger partial charge in [-0.25, -0.2) is 0 Å². The lowest BCUT2D eigenvalue weighted by Gasteiger charge is -2.18. The number of nitrogens with one attached hydrogen (secondary N) is 1. The predicted molar refractivity (Wildman–Crippen MR) is 64.1 cm³/mol. The van der Waals surface area contributed by atoms with Crippen molar-refractivity contribution in [3.8, 4) is 0 Å². The second-order valence-corrected chi connectivity index (χ2v) is 4.65. The molecule has 0 aliphatic carbocycles. The summed E-state index contributed by atoms with van der Waals surface area (Å²) in [5, 5.41) is 12.7. The lowest BCUT2D eigenvalue weighted by atomic mass is 10.1. The molecule has 0 bridgehead atoms. The first-order chi connectivity index (χ1) is 7.22. The van der Waals surface area contributed by atoms with Crippen molar-refractivity contribution in [1.82, 2.24) is 10.2 Å². The first-order valence-electron chi connectivity index (χ1n) is 6.36. The van der Waals surface area contributed by atoms with Gasteiger partial charge in [-0.1, -0.05) is 6.92 Å². The Labute approximate surface area is 93.9 Å². The minimum atomic E-state index is -0.171. The first-order valence-corrected chi connectivity index (χ1v) is 6.36. The summed E-state index contributed by atoms with van der Waals surface area (Å²) in [5.74, 6) is 0. The van der Waals surface area contributed by atoms with E-state index in [4.69, 9.17) is 5.11 Å². The Bertz CT molecular complexity index is 162. The zero-order chi connectivity index (χ0) is 11.1. The molecule has 1 saturated heterocycles. The van der Waals surface area contributed by atoms with Crippen LogP contribution in [0.5, 0.6) is 0 Å². The van der Waals surface area contributed by atoms with Gasteiger partial charge in [-0.05, 0) is 58.8 Å². The van der Waals surface area contributed by atoms with Gasteiger partial charge in [0.15, 0.2) is 0 Å². The normalized spacial score (nSPS) is 26.2. The summed E-state index contributed by atoms with van der Waals surface area (Å²) in [6.45, 7) is 8.71. The van der Waals surface area contributed by atoms with E-state index in [-0.39, 0.29) is 6.10 Å². The van der Waals surface area contributed by atoms with E-state index in [1.54, 1.807) is 0 Å². The van der Waals surface area contributed by atoms with E-state index in [2.05, 4.69) is 17.1 Å². The predicted octanol–water partition coefficient (Wildman–Crippen LogP) is 1.22. The standard InChI is InChI=1S/C12H26N2O/c1-3-14-9-4-5-12(7-10-14)13-8-6-11(2)15/h11-13,15H,3-10H2,1-2H3. The molecule has 0 aromatic heterocycles. The molecular weight excluding hydrogens is 188 g/mol. The Hall–Kier alpha value is -0.120. The van der Waals surface area contributed by atoms with E-state index in [1.807, 2.05) is 6.92 Å². The second kappa shape index (κ2) is 7.20. The Kier molecular flexibility index (Phi) is 6.22. The molecule has 15 heavy (non-hydrogen) atoms. The van der Waals surface area contributed by atoms with E-state index >= 15 is 0 Å². The Morgan fingerprint density at radius 3 is 2.87 bits per heavy atom. The molecule has 0 amide bonds. The Morgan fingerprint density at radius 2 is 2.20 bits per heavy atom. The van der Waals surface area contributed by atoms with Gasteiger partial charge in [-0.15, -0.1) is 0 Å². The molecule has 0 saturated carbocycles. The average molecular weight is 214 g/mol. The number of hydrogen-bond acceptors (Lipinski definition) is 3. The van der Waals surface area contributed by atoms with E-state index in [1.165, 1.54) is 38.9 Å². The van der Waals surface area contributed by atoms with E-state index in [9.17, 15) is 0 Å². The molecule has 2 atom stereocenters. The van der Waals surface area contributed by atoms with Crippen molar-refractivity contribution in [2.45, 2.75) is 51.7 Å². The summed E-state index contributed by atoms with van der Waals surface area (Å²) >= 11 is 0. The van der Waals surface area contributed by atoms with Gasteiger partial charge < -0.3 is 15.3 Å². The lowest BCUT2D eigenvalue weighted by Crippen LogP contribution is -2.32. The highest BCUT2D eigenvalue weighted by molar-refractivity contribution is 4.74. The molecule has 1 aliphatic rings. The monoisotopic (exact) mass is 214 g/mol. The molecule has 0 aromatic carbocycles. The van der Waals surface area contributed by atoms with E-state index < -0.39 is 0 Å². The summed E-state index contributed by atoms with van der Waals surface area (Å²) in [4.78, 5) is 2.52. The largest absolute Gasteiger partial charge is 0.393 e. The number of nitrogens with zero attached hydrogens (tertiary/aromatic N) is 1. The van der Waals surface area contributed by atoms with Crippen molar-refractivity contribution in [3.05, 3.63) is 0 Å². The van der Waals surface area contributed by atoms with Gasteiger partial charge in [0, 0.05) is 6.04 Å². The van der Waals surface area contributed by atoms with Crippen molar-refractivity contribution in [3.63, 3.8) is 0 Å². The van der Waals surface area contributed by atoms with Crippen LogP contribution in [0.3, 0.4) is 0 Å². The SMILES string of the molecule is CCN1CCCC(NCCC(C)O)CC1. The minimum Gasteiger partial charge on any atom is -0.393 e. The lowest BCUT2D eigenvalue weighted by molar-refractivity contribution is 0.181. The van der Waals surface area contributed by atoms with Crippen LogP contribution >= 0.6 is 0 Å². The first kappa shape index (κ1) is 12.9. The third kappa shape index (κ3) is 5.50. The summed E-state index contributed by atoms with van der Waals surface area (Å²) in [6, 6.07) is 0.667. The average Bonchev–Trinajstić information content (AvgIpc) is 2.42. The maximum Gasteiger partial charge on any atom is 0.0524 e. The number of likely N-dealkylation sites (tertiary alicyclic amines) is 1. The number of hydrogen-bond donors (Lipinski definition) is 2. The highest BCUT2D eigenvalue weighted by Crippen LogP contribution is 2.10. The van der Waals surface area contributed by atoms with Crippen molar-refractivity contribution in [2.24, 2.45) is 0 Å². The van der Waals surface area contributed by atoms with E-state index in [0.29, 0.717) is 6.04 Å². The van der Waals surface area contributed by atoms with Gasteiger partial charge in [0.05, 0.1) is 6.10 Å². The van der Waals surface area contributed by atoms with Crippen molar-refractivity contribution < 1.29 is 5.11 Å². The summed E-state index contributed by atoms with van der Waals surface area (Å²) in [6.07, 6.45) is 4.55. The fourth-order valence-electron chi connectivity index (χ4n) is 2.17. The topological polar surface area (TPSA) is 35.5 Å². The summed E-state index contributed by atoms with van der Waals surface area (Å²) in [5.41, 5.74) is 0.